The first kappa shape index (κ1) is 21.4. The fourth-order valence-electron chi connectivity index (χ4n) is 3.59. The fraction of sp³-hybridized carbons (Fsp3) is 0.429. The van der Waals surface area contributed by atoms with Crippen LogP contribution in [0.3, 0.4) is 0 Å². The Morgan fingerprint density at radius 3 is 2.58 bits per heavy atom. The summed E-state index contributed by atoms with van der Waals surface area (Å²) in [7, 11) is 0. The van der Waals surface area contributed by atoms with Crippen LogP contribution in [0.4, 0.5) is 24.8 Å². The van der Waals surface area contributed by atoms with Crippen molar-refractivity contribution in [2.45, 2.75) is 44.6 Å². The van der Waals surface area contributed by atoms with Gasteiger partial charge in [-0.1, -0.05) is 26.0 Å². The Kier molecular flexibility index (Phi) is 5.76. The number of aliphatic hydroxyl groups is 1. The number of aliphatic hydroxyl groups excluding tert-OH is 1. The van der Waals surface area contributed by atoms with Crippen LogP contribution in [0.15, 0.2) is 36.5 Å². The van der Waals surface area contributed by atoms with Gasteiger partial charge in [-0.05, 0) is 23.6 Å². The third kappa shape index (κ3) is 4.59. The average Bonchev–Trinajstić information content (AvgIpc) is 3.32. The predicted octanol–water partition coefficient (Wildman–Crippen LogP) is 3.23. The van der Waals surface area contributed by atoms with Crippen molar-refractivity contribution in [1.29, 1.82) is 0 Å². The minimum absolute atomic E-state index is 0.164. The maximum Gasteiger partial charge on any atom is 0.416 e. The van der Waals surface area contributed by atoms with Crippen LogP contribution in [0.25, 0.3) is 5.65 Å². The van der Waals surface area contributed by atoms with Crippen molar-refractivity contribution < 1.29 is 18.3 Å². The van der Waals surface area contributed by atoms with Gasteiger partial charge in [0.25, 0.3) is 0 Å². The highest BCUT2D eigenvalue weighted by atomic mass is 19.4. The van der Waals surface area contributed by atoms with Gasteiger partial charge in [-0.15, -0.1) is 0 Å². The van der Waals surface area contributed by atoms with Gasteiger partial charge in [-0.2, -0.15) is 22.8 Å². The highest BCUT2D eigenvalue weighted by molar-refractivity contribution is 5.61. The molecule has 2 aromatic heterocycles. The number of aromatic nitrogens is 3. The molecule has 1 aromatic carbocycles. The number of anilines is 2. The summed E-state index contributed by atoms with van der Waals surface area (Å²) in [5.41, 5.74) is 1.70. The number of benzene rings is 1. The van der Waals surface area contributed by atoms with E-state index in [9.17, 15) is 18.3 Å². The largest absolute Gasteiger partial charge is 0.416 e. The average molecular weight is 434 g/mol. The van der Waals surface area contributed by atoms with E-state index in [2.05, 4.69) is 34.9 Å². The summed E-state index contributed by atoms with van der Waals surface area (Å²) in [4.78, 5) is 4.69. The molecule has 3 aromatic rings. The molecule has 4 N–H and O–H groups in total. The van der Waals surface area contributed by atoms with Crippen molar-refractivity contribution in [2.24, 2.45) is 0 Å². The van der Waals surface area contributed by atoms with E-state index in [0.29, 0.717) is 42.5 Å². The first-order valence-electron chi connectivity index (χ1n) is 10.2. The second-order valence-electron chi connectivity index (χ2n) is 8.04. The first-order valence-corrected chi connectivity index (χ1v) is 10.2. The standard InChI is InChI=1S/C21H25F3N6O/c1-12(2)15-9-27-30-19(26-8-13-3-5-14(6-4-13)21(22,23)24)7-18(29-20(15)30)28-16-10-25-11-17(16)31/h3-7,9,12,16-17,25-26,31H,8,10-11H2,1-2H3,(H,28,29)/t16-,17+/m0/s1. The number of fused-ring (bicyclic) bond motifs is 1. The van der Waals surface area contributed by atoms with Gasteiger partial charge in [0.05, 0.1) is 23.9 Å². The number of hydrogen-bond acceptors (Lipinski definition) is 6. The zero-order valence-electron chi connectivity index (χ0n) is 17.2. The normalized spacial score (nSPS) is 19.3. The molecule has 0 bridgehead atoms. The number of hydrogen-bond donors (Lipinski definition) is 4. The van der Waals surface area contributed by atoms with Crippen LogP contribution in [0, 0.1) is 0 Å². The number of halogens is 3. The lowest BCUT2D eigenvalue weighted by molar-refractivity contribution is -0.137. The van der Waals surface area contributed by atoms with E-state index in [4.69, 9.17) is 4.98 Å². The Labute approximate surface area is 177 Å². The van der Waals surface area contributed by atoms with Crippen LogP contribution in [0.1, 0.15) is 36.5 Å². The van der Waals surface area contributed by atoms with Gasteiger partial charge in [-0.3, -0.25) is 0 Å². The van der Waals surface area contributed by atoms with Gasteiger partial charge in [-0.25, -0.2) is 4.98 Å². The zero-order chi connectivity index (χ0) is 22.2. The second-order valence-corrected chi connectivity index (χ2v) is 8.04. The number of rotatable bonds is 6. The maximum atomic E-state index is 12.8. The molecule has 31 heavy (non-hydrogen) atoms. The lowest BCUT2D eigenvalue weighted by Crippen LogP contribution is -2.32. The molecule has 7 nitrogen and oxygen atoms in total. The second kappa shape index (κ2) is 8.35. The van der Waals surface area contributed by atoms with E-state index in [1.165, 1.54) is 12.1 Å². The lowest BCUT2D eigenvalue weighted by atomic mass is 10.1. The van der Waals surface area contributed by atoms with Crippen molar-refractivity contribution in [3.8, 4) is 0 Å². The molecule has 0 amide bonds. The summed E-state index contributed by atoms with van der Waals surface area (Å²) in [6.07, 6.45) is -3.10. The fourth-order valence-corrected chi connectivity index (χ4v) is 3.59. The van der Waals surface area contributed by atoms with Crippen LogP contribution < -0.4 is 16.0 Å². The van der Waals surface area contributed by atoms with E-state index >= 15 is 0 Å². The summed E-state index contributed by atoms with van der Waals surface area (Å²) in [6.45, 7) is 5.57. The Morgan fingerprint density at radius 2 is 1.97 bits per heavy atom. The van der Waals surface area contributed by atoms with E-state index < -0.39 is 17.8 Å². The summed E-state index contributed by atoms with van der Waals surface area (Å²) in [5, 5.41) is 24.2. The van der Waals surface area contributed by atoms with Crippen molar-refractivity contribution in [2.75, 3.05) is 23.7 Å². The smallest absolute Gasteiger partial charge is 0.390 e. The molecule has 0 aliphatic carbocycles. The third-order valence-electron chi connectivity index (χ3n) is 5.39. The van der Waals surface area contributed by atoms with Gasteiger partial charge in [0.1, 0.15) is 11.6 Å². The lowest BCUT2D eigenvalue weighted by Gasteiger charge is -2.18. The van der Waals surface area contributed by atoms with E-state index in [1.54, 1.807) is 16.8 Å². The molecule has 3 heterocycles. The van der Waals surface area contributed by atoms with E-state index in [0.717, 1.165) is 17.7 Å². The van der Waals surface area contributed by atoms with Crippen LogP contribution in [0.5, 0.6) is 0 Å². The number of β-amino-alcohol motifs (C(OH)–C–C–N with tert-alkyl or cyclic N) is 1. The molecule has 166 valence electrons. The SMILES string of the molecule is CC(C)c1cnn2c(NCc3ccc(C(F)(F)F)cc3)cc(N[C@H]3CNC[C@H]3O)nc12. The van der Waals surface area contributed by atoms with Gasteiger partial charge < -0.3 is 21.1 Å². The molecule has 10 heteroatoms. The predicted molar refractivity (Wildman–Crippen MR) is 112 cm³/mol. The Bertz CT molecular complexity index is 1050. The Morgan fingerprint density at radius 1 is 1.23 bits per heavy atom. The molecular weight excluding hydrogens is 409 g/mol. The summed E-state index contributed by atoms with van der Waals surface area (Å²) in [6, 6.07) is 6.69. The summed E-state index contributed by atoms with van der Waals surface area (Å²) in [5.74, 6) is 1.46. The van der Waals surface area contributed by atoms with Crippen LogP contribution in [-0.2, 0) is 12.7 Å². The minimum Gasteiger partial charge on any atom is -0.390 e. The van der Waals surface area contributed by atoms with Crippen molar-refractivity contribution in [1.82, 2.24) is 19.9 Å². The molecule has 1 saturated heterocycles. The molecule has 4 rings (SSSR count). The van der Waals surface area contributed by atoms with Gasteiger partial charge in [0.2, 0.25) is 0 Å². The van der Waals surface area contributed by atoms with Gasteiger partial charge >= 0.3 is 6.18 Å². The van der Waals surface area contributed by atoms with Crippen LogP contribution >= 0.6 is 0 Å². The molecule has 1 aliphatic heterocycles. The first-order chi connectivity index (χ1) is 14.7. The highest BCUT2D eigenvalue weighted by Gasteiger charge is 2.30. The molecule has 1 aliphatic rings. The summed E-state index contributed by atoms with van der Waals surface area (Å²) >= 11 is 0. The molecule has 0 radical (unpaired) electrons. The van der Waals surface area contributed by atoms with Crippen molar-refractivity contribution >= 4 is 17.3 Å². The molecule has 0 unspecified atom stereocenters. The molecule has 0 spiro atoms. The van der Waals surface area contributed by atoms with Crippen LogP contribution in [-0.4, -0.2) is 44.9 Å². The Hall–Kier alpha value is -2.85. The van der Waals surface area contributed by atoms with Crippen molar-refractivity contribution in [3.05, 3.63) is 53.2 Å². The number of alkyl halides is 3. The van der Waals surface area contributed by atoms with Crippen LogP contribution in [0.2, 0.25) is 0 Å². The van der Waals surface area contributed by atoms with Gasteiger partial charge in [0, 0.05) is 31.3 Å². The number of nitrogens with zero attached hydrogens (tertiary/aromatic N) is 3. The summed E-state index contributed by atoms with van der Waals surface area (Å²) < 4.78 is 40.1. The molecule has 2 atom stereocenters. The molecule has 1 fully saturated rings. The number of nitrogens with one attached hydrogen (secondary N) is 3. The van der Waals surface area contributed by atoms with E-state index in [-0.39, 0.29) is 12.0 Å². The zero-order valence-corrected chi connectivity index (χ0v) is 17.2. The van der Waals surface area contributed by atoms with Gasteiger partial charge in [0.15, 0.2) is 5.65 Å². The monoisotopic (exact) mass is 434 g/mol. The third-order valence-corrected chi connectivity index (χ3v) is 5.39. The topological polar surface area (TPSA) is 86.5 Å². The Balaban J connectivity index is 1.60. The maximum absolute atomic E-state index is 12.8. The molecular formula is C21H25F3N6O. The molecule has 0 saturated carbocycles. The minimum atomic E-state index is -4.36. The quantitative estimate of drug-likeness (QED) is 0.477. The van der Waals surface area contributed by atoms with E-state index in [1.807, 2.05) is 0 Å². The highest BCUT2D eigenvalue weighted by Crippen LogP contribution is 2.29. The van der Waals surface area contributed by atoms with Crippen molar-refractivity contribution in [3.63, 3.8) is 0 Å².